The minimum absolute atomic E-state index is 0.158. The Bertz CT molecular complexity index is 1540. The molecule has 0 radical (unpaired) electrons. The largest absolute Gasteiger partial charge is 0.379 e. The number of sulfonamides is 1. The van der Waals surface area contributed by atoms with Crippen molar-refractivity contribution in [3.63, 3.8) is 0 Å². The van der Waals surface area contributed by atoms with Gasteiger partial charge in [0.05, 0.1) is 29.5 Å². The van der Waals surface area contributed by atoms with Gasteiger partial charge in [-0.2, -0.15) is 9.40 Å². The summed E-state index contributed by atoms with van der Waals surface area (Å²) in [5, 5.41) is 7.40. The summed E-state index contributed by atoms with van der Waals surface area (Å²) < 4.78 is 47.4. The van der Waals surface area contributed by atoms with Crippen molar-refractivity contribution in [1.29, 1.82) is 0 Å². The molecule has 1 fully saturated rings. The molecule has 2 heterocycles. The van der Waals surface area contributed by atoms with E-state index in [4.69, 9.17) is 4.74 Å². The number of aromatic nitrogens is 2. The zero-order valence-corrected chi connectivity index (χ0v) is 21.1. The Morgan fingerprint density at radius 2 is 1.63 bits per heavy atom. The van der Waals surface area contributed by atoms with E-state index in [0.717, 1.165) is 5.69 Å². The zero-order valence-electron chi connectivity index (χ0n) is 20.3. The molecular weight excluding hydrogens is 507 g/mol. The predicted molar refractivity (Wildman–Crippen MR) is 143 cm³/mol. The van der Waals surface area contributed by atoms with Crippen LogP contribution in [0.3, 0.4) is 0 Å². The molecule has 5 rings (SSSR count). The third-order valence-corrected chi connectivity index (χ3v) is 7.94. The number of para-hydroxylation sites is 1. The van der Waals surface area contributed by atoms with Gasteiger partial charge >= 0.3 is 0 Å². The topological polar surface area (TPSA) is 93.5 Å². The van der Waals surface area contributed by atoms with Crippen LogP contribution < -0.4 is 5.32 Å². The first-order chi connectivity index (χ1) is 18.4. The van der Waals surface area contributed by atoms with Crippen molar-refractivity contribution in [1.82, 2.24) is 14.1 Å². The van der Waals surface area contributed by atoms with Crippen LogP contribution in [0.5, 0.6) is 0 Å². The predicted octanol–water partition coefficient (Wildman–Crippen LogP) is 4.35. The van der Waals surface area contributed by atoms with Crippen molar-refractivity contribution in [2.75, 3.05) is 31.6 Å². The molecule has 1 aliphatic heterocycles. The first-order valence-corrected chi connectivity index (χ1v) is 13.4. The summed E-state index contributed by atoms with van der Waals surface area (Å²) in [6, 6.07) is 21.6. The van der Waals surface area contributed by atoms with Crippen molar-refractivity contribution in [3.8, 4) is 16.9 Å². The molecule has 1 N–H and O–H groups in total. The van der Waals surface area contributed by atoms with Crippen LogP contribution in [0.4, 0.5) is 10.1 Å². The molecule has 0 unspecified atom stereocenters. The average Bonchev–Trinajstić information content (AvgIpc) is 3.38. The van der Waals surface area contributed by atoms with Crippen LogP contribution in [0.1, 0.15) is 5.56 Å². The van der Waals surface area contributed by atoms with E-state index < -0.39 is 15.9 Å². The summed E-state index contributed by atoms with van der Waals surface area (Å²) in [4.78, 5) is 12.8. The Balaban J connectivity index is 1.33. The standard InChI is InChI=1S/C28H25FN4O4S/c29-23-9-6-21(7-10-23)28-22(20-33(31-28)25-4-2-1-3-5-25)8-15-27(34)30-24-11-13-26(14-12-24)38(35,36)32-16-18-37-19-17-32/h1-15,20H,16-19H2,(H,30,34). The normalized spacial score (nSPS) is 14.6. The van der Waals surface area contributed by atoms with Gasteiger partial charge in [-0.05, 0) is 66.7 Å². The third kappa shape index (κ3) is 5.72. The van der Waals surface area contributed by atoms with Crippen molar-refractivity contribution in [3.05, 3.63) is 103 Å². The van der Waals surface area contributed by atoms with E-state index in [2.05, 4.69) is 10.4 Å². The van der Waals surface area contributed by atoms with Gasteiger partial charge in [0.1, 0.15) is 5.82 Å². The second kappa shape index (κ2) is 11.1. The van der Waals surface area contributed by atoms with E-state index >= 15 is 0 Å². The number of anilines is 1. The molecule has 1 aliphatic rings. The van der Waals surface area contributed by atoms with E-state index in [1.54, 1.807) is 41.2 Å². The molecule has 0 bridgehead atoms. The fourth-order valence-corrected chi connectivity index (χ4v) is 5.46. The highest BCUT2D eigenvalue weighted by Crippen LogP contribution is 2.25. The van der Waals surface area contributed by atoms with Crippen LogP contribution in [0.2, 0.25) is 0 Å². The summed E-state index contributed by atoms with van der Waals surface area (Å²) in [7, 11) is -3.61. The number of morpholine rings is 1. The van der Waals surface area contributed by atoms with Gasteiger partial charge < -0.3 is 10.1 Å². The van der Waals surface area contributed by atoms with Gasteiger partial charge in [-0.25, -0.2) is 17.5 Å². The Kier molecular flexibility index (Phi) is 7.45. The van der Waals surface area contributed by atoms with Gasteiger partial charge in [-0.15, -0.1) is 0 Å². The number of carbonyl (C=O) groups is 1. The maximum absolute atomic E-state index is 13.5. The zero-order chi connectivity index (χ0) is 26.5. The minimum Gasteiger partial charge on any atom is -0.379 e. The number of nitrogens with one attached hydrogen (secondary N) is 1. The number of halogens is 1. The Morgan fingerprint density at radius 3 is 2.32 bits per heavy atom. The lowest BCUT2D eigenvalue weighted by molar-refractivity contribution is -0.111. The number of hydrogen-bond acceptors (Lipinski definition) is 5. The number of hydrogen-bond donors (Lipinski definition) is 1. The molecule has 0 aliphatic carbocycles. The molecule has 1 amide bonds. The lowest BCUT2D eigenvalue weighted by Gasteiger charge is -2.26. The number of nitrogens with zero attached hydrogens (tertiary/aromatic N) is 3. The van der Waals surface area contributed by atoms with E-state index in [9.17, 15) is 17.6 Å². The molecule has 1 saturated heterocycles. The van der Waals surface area contributed by atoms with Crippen LogP contribution in [0, 0.1) is 5.82 Å². The summed E-state index contributed by atoms with van der Waals surface area (Å²) in [5.41, 5.74) is 3.27. The molecular formula is C28H25FN4O4S. The smallest absolute Gasteiger partial charge is 0.248 e. The molecule has 38 heavy (non-hydrogen) atoms. The highest BCUT2D eigenvalue weighted by molar-refractivity contribution is 7.89. The maximum Gasteiger partial charge on any atom is 0.248 e. The van der Waals surface area contributed by atoms with Crippen molar-refractivity contribution in [2.45, 2.75) is 4.90 Å². The second-order valence-electron chi connectivity index (χ2n) is 8.58. The van der Waals surface area contributed by atoms with E-state index in [0.29, 0.717) is 48.8 Å². The van der Waals surface area contributed by atoms with Gasteiger partial charge in [0.2, 0.25) is 15.9 Å². The first-order valence-electron chi connectivity index (χ1n) is 12.0. The SMILES string of the molecule is O=C(C=Cc1cn(-c2ccccc2)nc1-c1ccc(F)cc1)Nc1ccc(S(=O)(=O)N2CCOCC2)cc1. The molecule has 10 heteroatoms. The number of rotatable bonds is 7. The highest BCUT2D eigenvalue weighted by atomic mass is 32.2. The van der Waals surface area contributed by atoms with Gasteiger partial charge in [-0.3, -0.25) is 4.79 Å². The van der Waals surface area contributed by atoms with Crippen molar-refractivity contribution < 1.29 is 22.3 Å². The highest BCUT2D eigenvalue weighted by Gasteiger charge is 2.26. The van der Waals surface area contributed by atoms with Crippen LogP contribution in [-0.2, 0) is 19.6 Å². The number of carbonyl (C=O) groups excluding carboxylic acids is 1. The summed E-state index contributed by atoms with van der Waals surface area (Å²) in [6.07, 6.45) is 4.80. The van der Waals surface area contributed by atoms with Gasteiger partial charge in [-0.1, -0.05) is 18.2 Å². The lowest BCUT2D eigenvalue weighted by Crippen LogP contribution is -2.40. The second-order valence-corrected chi connectivity index (χ2v) is 10.5. The van der Waals surface area contributed by atoms with E-state index in [1.165, 1.54) is 34.6 Å². The van der Waals surface area contributed by atoms with Crippen LogP contribution in [0.15, 0.2) is 96.0 Å². The van der Waals surface area contributed by atoms with Crippen molar-refractivity contribution >= 4 is 27.7 Å². The van der Waals surface area contributed by atoms with Gasteiger partial charge in [0, 0.05) is 42.2 Å². The molecule has 4 aromatic rings. The van der Waals surface area contributed by atoms with E-state index in [-0.39, 0.29) is 10.7 Å². The van der Waals surface area contributed by atoms with E-state index in [1.807, 2.05) is 30.3 Å². The number of ether oxygens (including phenoxy) is 1. The number of amides is 1. The summed E-state index contributed by atoms with van der Waals surface area (Å²) in [6.45, 7) is 1.36. The Hall–Kier alpha value is -4.12. The monoisotopic (exact) mass is 532 g/mol. The molecule has 0 saturated carbocycles. The molecule has 0 atom stereocenters. The average molecular weight is 533 g/mol. The minimum atomic E-state index is -3.61. The molecule has 0 spiro atoms. The Labute approximate surface area is 220 Å². The molecule has 8 nitrogen and oxygen atoms in total. The molecule has 1 aromatic heterocycles. The molecule has 3 aromatic carbocycles. The van der Waals surface area contributed by atoms with Crippen LogP contribution in [-0.4, -0.2) is 54.7 Å². The fraction of sp³-hybridized carbons (Fsp3) is 0.143. The van der Waals surface area contributed by atoms with Crippen molar-refractivity contribution in [2.24, 2.45) is 0 Å². The maximum atomic E-state index is 13.5. The van der Waals surface area contributed by atoms with Gasteiger partial charge in [0.15, 0.2) is 0 Å². The summed E-state index contributed by atoms with van der Waals surface area (Å²) >= 11 is 0. The van der Waals surface area contributed by atoms with Gasteiger partial charge in [0.25, 0.3) is 0 Å². The quantitative estimate of drug-likeness (QED) is 0.357. The third-order valence-electron chi connectivity index (χ3n) is 6.02. The molecule has 194 valence electrons. The lowest BCUT2D eigenvalue weighted by atomic mass is 10.1. The Morgan fingerprint density at radius 1 is 0.947 bits per heavy atom. The summed E-state index contributed by atoms with van der Waals surface area (Å²) in [5.74, 6) is -0.747. The van der Waals surface area contributed by atoms with Crippen LogP contribution in [0.25, 0.3) is 23.0 Å². The fourth-order valence-electron chi connectivity index (χ4n) is 4.05. The first kappa shape index (κ1) is 25.5. The number of benzene rings is 3. The van der Waals surface area contributed by atoms with Crippen LogP contribution >= 0.6 is 0 Å².